The second kappa shape index (κ2) is 6.37. The van der Waals surface area contributed by atoms with Crippen molar-refractivity contribution in [2.24, 2.45) is 0 Å². The number of halogens is 1. The Morgan fingerprint density at radius 1 is 1.25 bits per heavy atom. The van der Waals surface area contributed by atoms with Crippen LogP contribution in [0.2, 0.25) is 0 Å². The number of carbonyl (C=O) groups is 1. The van der Waals surface area contributed by atoms with Crippen molar-refractivity contribution in [3.8, 4) is 0 Å². The molecule has 5 heteroatoms. The lowest BCUT2D eigenvalue weighted by Gasteiger charge is -2.37. The maximum atomic E-state index is 12.6. The smallest absolute Gasteiger partial charge is 0.236 e. The summed E-state index contributed by atoms with van der Waals surface area (Å²) in [5, 5.41) is 3.55. The first-order valence-electron chi connectivity index (χ1n) is 6.93. The summed E-state index contributed by atoms with van der Waals surface area (Å²) >= 11 is 1.73. The van der Waals surface area contributed by atoms with E-state index in [0.29, 0.717) is 18.0 Å². The van der Waals surface area contributed by atoms with Crippen LogP contribution in [0.3, 0.4) is 0 Å². The SMILES string of the molecule is CC1CN(C(=O)C2Cc3ccccc3S2)CC(C)N1.Cl. The highest BCUT2D eigenvalue weighted by molar-refractivity contribution is 8.01. The van der Waals surface area contributed by atoms with Gasteiger partial charge in [-0.05, 0) is 31.9 Å². The molecule has 0 radical (unpaired) electrons. The van der Waals surface area contributed by atoms with Crippen molar-refractivity contribution in [3.05, 3.63) is 29.8 Å². The Kier molecular flexibility index (Phi) is 4.99. The summed E-state index contributed by atoms with van der Waals surface area (Å²) in [4.78, 5) is 15.9. The minimum atomic E-state index is 0. The fraction of sp³-hybridized carbons (Fsp3) is 0.533. The third-order valence-electron chi connectivity index (χ3n) is 3.79. The van der Waals surface area contributed by atoms with Gasteiger partial charge in [0.2, 0.25) is 5.91 Å². The molecule has 3 nitrogen and oxygen atoms in total. The maximum Gasteiger partial charge on any atom is 0.236 e. The molecule has 0 aromatic heterocycles. The Balaban J connectivity index is 0.00000147. The molecule has 110 valence electrons. The average molecular weight is 313 g/mol. The summed E-state index contributed by atoms with van der Waals surface area (Å²) in [6.45, 7) is 5.95. The second-order valence-electron chi connectivity index (χ2n) is 5.63. The molecule has 1 saturated heterocycles. The van der Waals surface area contributed by atoms with Crippen molar-refractivity contribution in [2.75, 3.05) is 13.1 Å². The van der Waals surface area contributed by atoms with Crippen LogP contribution in [-0.4, -0.2) is 41.2 Å². The first-order chi connectivity index (χ1) is 9.13. The predicted octanol–water partition coefficient (Wildman–Crippen LogP) is 2.33. The van der Waals surface area contributed by atoms with Crippen LogP contribution < -0.4 is 5.32 Å². The highest BCUT2D eigenvalue weighted by Crippen LogP contribution is 2.37. The summed E-state index contributed by atoms with van der Waals surface area (Å²) < 4.78 is 0. The van der Waals surface area contributed by atoms with E-state index in [9.17, 15) is 4.79 Å². The van der Waals surface area contributed by atoms with Crippen molar-refractivity contribution < 1.29 is 4.79 Å². The summed E-state index contributed by atoms with van der Waals surface area (Å²) in [7, 11) is 0. The lowest BCUT2D eigenvalue weighted by Crippen LogP contribution is -2.57. The molecule has 2 aliphatic heterocycles. The summed E-state index contributed by atoms with van der Waals surface area (Å²) in [5.74, 6) is 0.307. The van der Waals surface area contributed by atoms with Crippen LogP contribution in [0.15, 0.2) is 29.2 Å². The summed E-state index contributed by atoms with van der Waals surface area (Å²) in [6.07, 6.45) is 0.881. The number of benzene rings is 1. The van der Waals surface area contributed by atoms with E-state index >= 15 is 0 Å². The molecule has 1 fully saturated rings. The molecule has 0 spiro atoms. The average Bonchev–Trinajstić information content (AvgIpc) is 2.80. The van der Waals surface area contributed by atoms with E-state index < -0.39 is 0 Å². The zero-order chi connectivity index (χ0) is 13.4. The van der Waals surface area contributed by atoms with Gasteiger partial charge in [-0.3, -0.25) is 4.79 Å². The van der Waals surface area contributed by atoms with E-state index in [1.165, 1.54) is 10.5 Å². The van der Waals surface area contributed by atoms with Crippen molar-refractivity contribution in [1.82, 2.24) is 10.2 Å². The van der Waals surface area contributed by atoms with Gasteiger partial charge in [-0.25, -0.2) is 0 Å². The molecule has 2 aliphatic rings. The molecule has 1 aromatic carbocycles. The van der Waals surface area contributed by atoms with Gasteiger partial charge in [0.25, 0.3) is 0 Å². The highest BCUT2D eigenvalue weighted by Gasteiger charge is 2.33. The lowest BCUT2D eigenvalue weighted by molar-refractivity contribution is -0.132. The Morgan fingerprint density at radius 2 is 1.90 bits per heavy atom. The number of piperazine rings is 1. The molecule has 0 aliphatic carbocycles. The number of thioether (sulfide) groups is 1. The molecule has 2 heterocycles. The van der Waals surface area contributed by atoms with Crippen molar-refractivity contribution in [2.45, 2.75) is 42.5 Å². The number of hydrogen-bond acceptors (Lipinski definition) is 3. The Labute approximate surface area is 130 Å². The van der Waals surface area contributed by atoms with E-state index in [-0.39, 0.29) is 17.7 Å². The molecule has 1 N–H and O–H groups in total. The third-order valence-corrected chi connectivity index (χ3v) is 5.10. The Morgan fingerprint density at radius 3 is 2.55 bits per heavy atom. The molecule has 0 bridgehead atoms. The van der Waals surface area contributed by atoms with E-state index in [0.717, 1.165) is 19.5 Å². The zero-order valence-electron chi connectivity index (χ0n) is 11.8. The number of fused-ring (bicyclic) bond motifs is 1. The van der Waals surface area contributed by atoms with Gasteiger partial charge in [0.15, 0.2) is 0 Å². The molecular formula is C15H21ClN2OS. The Bertz CT molecular complexity index is 462. The number of amides is 1. The third kappa shape index (κ3) is 3.13. The van der Waals surface area contributed by atoms with Crippen LogP contribution in [0.4, 0.5) is 0 Å². The van der Waals surface area contributed by atoms with Crippen LogP contribution in [0, 0.1) is 0 Å². The number of nitrogens with one attached hydrogen (secondary N) is 1. The number of hydrogen-bond donors (Lipinski definition) is 1. The molecule has 20 heavy (non-hydrogen) atoms. The lowest BCUT2D eigenvalue weighted by atomic mass is 10.1. The topological polar surface area (TPSA) is 32.3 Å². The van der Waals surface area contributed by atoms with Crippen LogP contribution in [0.1, 0.15) is 19.4 Å². The summed E-state index contributed by atoms with van der Waals surface area (Å²) in [5.41, 5.74) is 1.32. The van der Waals surface area contributed by atoms with Gasteiger partial charge in [-0.15, -0.1) is 24.2 Å². The normalized spacial score (nSPS) is 28.7. The van der Waals surface area contributed by atoms with Gasteiger partial charge in [-0.2, -0.15) is 0 Å². The van der Waals surface area contributed by atoms with Crippen molar-refractivity contribution in [1.29, 1.82) is 0 Å². The first kappa shape index (κ1) is 15.7. The van der Waals surface area contributed by atoms with Crippen LogP contribution in [0.5, 0.6) is 0 Å². The molecular weight excluding hydrogens is 292 g/mol. The van der Waals surface area contributed by atoms with Gasteiger partial charge in [0.05, 0.1) is 5.25 Å². The first-order valence-corrected chi connectivity index (χ1v) is 7.81. The molecule has 1 aromatic rings. The van der Waals surface area contributed by atoms with Crippen LogP contribution >= 0.6 is 24.2 Å². The quantitative estimate of drug-likeness (QED) is 0.864. The highest BCUT2D eigenvalue weighted by atomic mass is 35.5. The molecule has 3 rings (SSSR count). The molecule has 3 unspecified atom stereocenters. The van der Waals surface area contributed by atoms with Gasteiger partial charge >= 0.3 is 0 Å². The summed E-state index contributed by atoms with van der Waals surface area (Å²) in [6, 6.07) is 9.15. The van der Waals surface area contributed by atoms with E-state index in [1.54, 1.807) is 11.8 Å². The fourth-order valence-corrected chi connectivity index (χ4v) is 4.31. The van der Waals surface area contributed by atoms with Crippen LogP contribution in [0.25, 0.3) is 0 Å². The monoisotopic (exact) mass is 312 g/mol. The van der Waals surface area contributed by atoms with Gasteiger partial charge in [0.1, 0.15) is 0 Å². The maximum absolute atomic E-state index is 12.6. The van der Waals surface area contributed by atoms with Gasteiger partial charge in [0, 0.05) is 30.1 Å². The van der Waals surface area contributed by atoms with E-state index in [4.69, 9.17) is 0 Å². The predicted molar refractivity (Wildman–Crippen MR) is 85.7 cm³/mol. The zero-order valence-corrected chi connectivity index (χ0v) is 13.5. The van der Waals surface area contributed by atoms with Crippen molar-refractivity contribution in [3.63, 3.8) is 0 Å². The number of rotatable bonds is 1. The fourth-order valence-electron chi connectivity index (χ4n) is 3.03. The number of carbonyl (C=O) groups excluding carboxylic acids is 1. The largest absolute Gasteiger partial charge is 0.339 e. The van der Waals surface area contributed by atoms with Gasteiger partial charge in [-0.1, -0.05) is 18.2 Å². The minimum absolute atomic E-state index is 0. The van der Waals surface area contributed by atoms with E-state index in [2.05, 4.69) is 37.4 Å². The van der Waals surface area contributed by atoms with E-state index in [1.807, 2.05) is 11.0 Å². The van der Waals surface area contributed by atoms with Gasteiger partial charge < -0.3 is 10.2 Å². The second-order valence-corrected chi connectivity index (χ2v) is 6.87. The van der Waals surface area contributed by atoms with Crippen molar-refractivity contribution >= 4 is 30.1 Å². The molecule has 0 saturated carbocycles. The number of nitrogens with zero attached hydrogens (tertiary/aromatic N) is 1. The Hall–Kier alpha value is -0.710. The molecule has 3 atom stereocenters. The van der Waals surface area contributed by atoms with Crippen LogP contribution in [-0.2, 0) is 11.2 Å². The minimum Gasteiger partial charge on any atom is -0.339 e. The standard InChI is InChI=1S/C15H20N2OS.ClH/c1-10-8-17(9-11(2)16-10)15(18)14-7-12-5-3-4-6-13(12)19-14;/h3-6,10-11,14,16H,7-9H2,1-2H3;1H. The molecule has 1 amide bonds.